The highest BCUT2D eigenvalue weighted by molar-refractivity contribution is 5.45. The van der Waals surface area contributed by atoms with Crippen molar-refractivity contribution in [1.82, 2.24) is 15.2 Å². The SMILES string of the molecule is FC(F)(F)c1cccnc1NCCCN1CCNCC1. The van der Waals surface area contributed by atoms with Crippen LogP contribution in [0.5, 0.6) is 0 Å². The van der Waals surface area contributed by atoms with Crippen molar-refractivity contribution >= 4 is 5.82 Å². The van der Waals surface area contributed by atoms with Gasteiger partial charge in [0.1, 0.15) is 5.82 Å². The number of rotatable bonds is 5. The second-order valence-electron chi connectivity index (χ2n) is 4.77. The molecule has 2 rings (SSSR count). The van der Waals surface area contributed by atoms with Crippen molar-refractivity contribution in [3.8, 4) is 0 Å². The summed E-state index contributed by atoms with van der Waals surface area (Å²) >= 11 is 0. The number of aromatic nitrogens is 1. The maximum absolute atomic E-state index is 12.8. The van der Waals surface area contributed by atoms with Crippen molar-refractivity contribution in [2.24, 2.45) is 0 Å². The van der Waals surface area contributed by atoms with Gasteiger partial charge in [0.15, 0.2) is 0 Å². The smallest absolute Gasteiger partial charge is 0.370 e. The standard InChI is InChI=1S/C13H19F3N4/c14-13(15,16)11-3-1-4-18-12(11)19-5-2-8-20-9-6-17-7-10-20/h1,3-4,17H,2,5-10H2,(H,18,19). The molecule has 0 saturated carbocycles. The molecule has 0 aliphatic carbocycles. The summed E-state index contributed by atoms with van der Waals surface area (Å²) in [4.78, 5) is 6.08. The predicted molar refractivity (Wildman–Crippen MR) is 71.7 cm³/mol. The van der Waals surface area contributed by atoms with Crippen LogP contribution in [0.4, 0.5) is 19.0 Å². The molecular weight excluding hydrogens is 269 g/mol. The topological polar surface area (TPSA) is 40.2 Å². The summed E-state index contributed by atoms with van der Waals surface area (Å²) in [5.41, 5.74) is -0.706. The van der Waals surface area contributed by atoms with Crippen LogP contribution in [0.3, 0.4) is 0 Å². The molecule has 1 aliphatic heterocycles. The van der Waals surface area contributed by atoms with E-state index in [2.05, 4.69) is 20.5 Å². The number of alkyl halides is 3. The molecule has 0 radical (unpaired) electrons. The first-order chi connectivity index (χ1) is 9.57. The average Bonchev–Trinajstić information content (AvgIpc) is 2.44. The summed E-state index contributed by atoms with van der Waals surface area (Å²) in [6, 6.07) is 2.35. The number of pyridine rings is 1. The molecule has 1 aliphatic rings. The number of nitrogens with one attached hydrogen (secondary N) is 2. The molecular formula is C13H19F3N4. The average molecular weight is 288 g/mol. The highest BCUT2D eigenvalue weighted by Crippen LogP contribution is 2.33. The zero-order valence-corrected chi connectivity index (χ0v) is 11.2. The molecule has 1 aromatic heterocycles. The van der Waals surface area contributed by atoms with E-state index in [9.17, 15) is 13.2 Å². The van der Waals surface area contributed by atoms with Crippen molar-refractivity contribution in [2.45, 2.75) is 12.6 Å². The number of piperazine rings is 1. The van der Waals surface area contributed by atoms with Gasteiger partial charge in [0, 0.05) is 38.9 Å². The molecule has 0 amide bonds. The van der Waals surface area contributed by atoms with Crippen LogP contribution in [0.25, 0.3) is 0 Å². The van der Waals surface area contributed by atoms with E-state index < -0.39 is 11.7 Å². The Morgan fingerprint density at radius 2 is 2.05 bits per heavy atom. The van der Waals surface area contributed by atoms with Crippen molar-refractivity contribution in [2.75, 3.05) is 44.6 Å². The molecule has 0 aromatic carbocycles. The second kappa shape index (κ2) is 6.90. The van der Waals surface area contributed by atoms with Gasteiger partial charge >= 0.3 is 6.18 Å². The van der Waals surface area contributed by atoms with Crippen LogP contribution in [0, 0.1) is 0 Å². The summed E-state index contributed by atoms with van der Waals surface area (Å²) < 4.78 is 38.3. The lowest BCUT2D eigenvalue weighted by atomic mass is 10.2. The van der Waals surface area contributed by atoms with Crippen LogP contribution in [0.15, 0.2) is 18.3 Å². The number of hydrogen-bond donors (Lipinski definition) is 2. The molecule has 0 bridgehead atoms. The zero-order chi connectivity index (χ0) is 14.4. The van der Waals surface area contributed by atoms with E-state index in [4.69, 9.17) is 0 Å². The first-order valence-corrected chi connectivity index (χ1v) is 6.76. The third-order valence-electron chi connectivity index (χ3n) is 3.27. The lowest BCUT2D eigenvalue weighted by molar-refractivity contribution is -0.137. The van der Waals surface area contributed by atoms with Gasteiger partial charge in [0.25, 0.3) is 0 Å². The monoisotopic (exact) mass is 288 g/mol. The fourth-order valence-corrected chi connectivity index (χ4v) is 2.22. The summed E-state index contributed by atoms with van der Waals surface area (Å²) in [5, 5.41) is 6.05. The van der Waals surface area contributed by atoms with Gasteiger partial charge in [0.05, 0.1) is 5.56 Å². The molecule has 2 heterocycles. The number of nitrogens with zero attached hydrogens (tertiary/aromatic N) is 2. The van der Waals surface area contributed by atoms with E-state index in [0.717, 1.165) is 45.2 Å². The fourth-order valence-electron chi connectivity index (χ4n) is 2.22. The lowest BCUT2D eigenvalue weighted by Gasteiger charge is -2.27. The first-order valence-electron chi connectivity index (χ1n) is 6.76. The first kappa shape index (κ1) is 15.1. The Labute approximate surface area is 116 Å². The molecule has 0 unspecified atom stereocenters. The summed E-state index contributed by atoms with van der Waals surface area (Å²) in [6.07, 6.45) is -2.20. The van der Waals surface area contributed by atoms with E-state index >= 15 is 0 Å². The third-order valence-corrected chi connectivity index (χ3v) is 3.27. The Hall–Kier alpha value is -1.34. The van der Waals surface area contributed by atoms with Gasteiger partial charge in [-0.2, -0.15) is 13.2 Å². The Morgan fingerprint density at radius 1 is 1.30 bits per heavy atom. The van der Waals surface area contributed by atoms with Crippen molar-refractivity contribution in [3.63, 3.8) is 0 Å². The maximum atomic E-state index is 12.8. The Morgan fingerprint density at radius 3 is 2.75 bits per heavy atom. The molecule has 4 nitrogen and oxygen atoms in total. The number of anilines is 1. The largest absolute Gasteiger partial charge is 0.419 e. The molecule has 1 aromatic rings. The second-order valence-corrected chi connectivity index (χ2v) is 4.77. The van der Waals surface area contributed by atoms with Crippen LogP contribution in [0.1, 0.15) is 12.0 Å². The van der Waals surface area contributed by atoms with Gasteiger partial charge in [0.2, 0.25) is 0 Å². The molecule has 0 spiro atoms. The van der Waals surface area contributed by atoms with Crippen LogP contribution in [0.2, 0.25) is 0 Å². The van der Waals surface area contributed by atoms with Crippen LogP contribution in [-0.4, -0.2) is 49.2 Å². The third kappa shape index (κ3) is 4.35. The van der Waals surface area contributed by atoms with Gasteiger partial charge in [-0.15, -0.1) is 0 Å². The Kier molecular flexibility index (Phi) is 5.19. The van der Waals surface area contributed by atoms with E-state index in [1.807, 2.05) is 0 Å². The fraction of sp³-hybridized carbons (Fsp3) is 0.615. The van der Waals surface area contributed by atoms with Crippen LogP contribution >= 0.6 is 0 Å². The van der Waals surface area contributed by atoms with Crippen LogP contribution < -0.4 is 10.6 Å². The zero-order valence-electron chi connectivity index (χ0n) is 11.2. The molecule has 7 heteroatoms. The van der Waals surface area contributed by atoms with Gasteiger partial charge in [-0.3, -0.25) is 0 Å². The Balaban J connectivity index is 1.79. The lowest BCUT2D eigenvalue weighted by Crippen LogP contribution is -2.44. The minimum absolute atomic E-state index is 0.0830. The highest BCUT2D eigenvalue weighted by Gasteiger charge is 2.33. The molecule has 2 N–H and O–H groups in total. The van der Waals surface area contributed by atoms with Gasteiger partial charge in [-0.1, -0.05) is 0 Å². The minimum atomic E-state index is -4.37. The normalized spacial score (nSPS) is 17.1. The predicted octanol–water partition coefficient (Wildman–Crippen LogP) is 1.81. The van der Waals surface area contributed by atoms with E-state index in [1.165, 1.54) is 12.3 Å². The minimum Gasteiger partial charge on any atom is -0.370 e. The Bertz CT molecular complexity index is 416. The van der Waals surface area contributed by atoms with Crippen molar-refractivity contribution in [1.29, 1.82) is 0 Å². The molecule has 112 valence electrons. The van der Waals surface area contributed by atoms with Crippen molar-refractivity contribution < 1.29 is 13.2 Å². The molecule has 1 fully saturated rings. The molecule has 20 heavy (non-hydrogen) atoms. The van der Waals surface area contributed by atoms with E-state index in [-0.39, 0.29) is 5.82 Å². The highest BCUT2D eigenvalue weighted by atomic mass is 19.4. The van der Waals surface area contributed by atoms with Gasteiger partial charge in [-0.25, -0.2) is 4.98 Å². The summed E-state index contributed by atoms with van der Waals surface area (Å²) in [7, 11) is 0. The van der Waals surface area contributed by atoms with Gasteiger partial charge < -0.3 is 15.5 Å². The number of hydrogen-bond acceptors (Lipinski definition) is 4. The van der Waals surface area contributed by atoms with Crippen LogP contribution in [-0.2, 0) is 6.18 Å². The van der Waals surface area contributed by atoms with Crippen molar-refractivity contribution in [3.05, 3.63) is 23.9 Å². The maximum Gasteiger partial charge on any atom is 0.419 e. The molecule has 1 saturated heterocycles. The molecule has 0 atom stereocenters. The summed E-state index contributed by atoms with van der Waals surface area (Å²) in [5.74, 6) is -0.0830. The summed E-state index contributed by atoms with van der Waals surface area (Å²) in [6.45, 7) is 5.33. The van der Waals surface area contributed by atoms with Gasteiger partial charge in [-0.05, 0) is 25.1 Å². The number of halogens is 3. The van der Waals surface area contributed by atoms with E-state index in [0.29, 0.717) is 6.54 Å². The van der Waals surface area contributed by atoms with E-state index in [1.54, 1.807) is 0 Å². The quantitative estimate of drug-likeness (QED) is 0.811.